The van der Waals surface area contributed by atoms with Crippen LogP contribution in [0.1, 0.15) is 66.0 Å². The Bertz CT molecular complexity index is 882. The van der Waals surface area contributed by atoms with Crippen LogP contribution in [0.25, 0.3) is 0 Å². The Morgan fingerprint density at radius 1 is 1.30 bits per heavy atom. The van der Waals surface area contributed by atoms with Crippen LogP contribution < -0.4 is 0 Å². The lowest BCUT2D eigenvalue weighted by Gasteiger charge is -2.26. The topological polar surface area (TPSA) is 44.9 Å². The van der Waals surface area contributed by atoms with Crippen LogP contribution in [-0.2, 0) is 13.6 Å². The van der Waals surface area contributed by atoms with Crippen LogP contribution >= 0.6 is 0 Å². The van der Waals surface area contributed by atoms with E-state index in [0.717, 1.165) is 41.5 Å². The number of amidine groups is 1. The molecular weight excluding hydrogens is 353 g/mol. The second-order valence-electron chi connectivity index (χ2n) is 7.66. The highest BCUT2D eigenvalue weighted by atomic mass is 19.3. The van der Waals surface area contributed by atoms with E-state index in [4.69, 9.17) is 5.41 Å². The fourth-order valence-corrected chi connectivity index (χ4v) is 3.66. The molecule has 1 aromatic carbocycles. The third-order valence-electron chi connectivity index (χ3n) is 5.38. The molecule has 4 rings (SSSR count). The van der Waals surface area contributed by atoms with Gasteiger partial charge >= 0.3 is 0 Å². The van der Waals surface area contributed by atoms with E-state index in [-0.39, 0.29) is 17.4 Å². The second kappa shape index (κ2) is 6.69. The van der Waals surface area contributed by atoms with E-state index in [1.807, 2.05) is 6.92 Å². The summed E-state index contributed by atoms with van der Waals surface area (Å²) in [5.74, 6) is -0.531. The Hall–Kier alpha value is -2.31. The zero-order valence-electron chi connectivity index (χ0n) is 15.5. The van der Waals surface area contributed by atoms with Crippen molar-refractivity contribution in [1.29, 1.82) is 5.41 Å². The van der Waals surface area contributed by atoms with Crippen molar-refractivity contribution in [2.75, 3.05) is 0 Å². The lowest BCUT2D eigenvalue weighted by atomic mass is 10.00. The van der Waals surface area contributed by atoms with E-state index in [1.165, 1.54) is 12.6 Å². The Morgan fingerprint density at radius 2 is 2.00 bits per heavy atom. The van der Waals surface area contributed by atoms with Gasteiger partial charge in [-0.2, -0.15) is 9.49 Å². The molecule has 1 N–H and O–H groups in total. The molecule has 2 aromatic rings. The predicted molar refractivity (Wildman–Crippen MR) is 96.7 cm³/mol. The summed E-state index contributed by atoms with van der Waals surface area (Å²) in [6, 6.07) is 6.41. The van der Waals surface area contributed by atoms with Gasteiger partial charge in [-0.1, -0.05) is 23.8 Å². The summed E-state index contributed by atoms with van der Waals surface area (Å²) in [7, 11) is 1.28. The molecule has 7 heteroatoms. The lowest BCUT2D eigenvalue weighted by molar-refractivity contribution is 0.145. The molecule has 0 atom stereocenters. The van der Waals surface area contributed by atoms with Crippen molar-refractivity contribution in [2.45, 2.75) is 57.5 Å². The molecule has 0 spiro atoms. The summed E-state index contributed by atoms with van der Waals surface area (Å²) in [5.41, 5.74) is 2.46. The number of rotatable bonds is 6. The average Bonchev–Trinajstić information content (AvgIpc) is 3.52. The number of halogens is 3. The first-order valence-corrected chi connectivity index (χ1v) is 9.32. The number of aromatic nitrogens is 2. The SMILES string of the molecule is Cc1ccc(C2CC2)c(CN(C(=N)c2c(C(F)F)nn(C)c2F)C2CC2)c1. The van der Waals surface area contributed by atoms with Crippen molar-refractivity contribution in [3.63, 3.8) is 0 Å². The summed E-state index contributed by atoms with van der Waals surface area (Å²) in [6.45, 7) is 2.46. The highest BCUT2D eigenvalue weighted by molar-refractivity contribution is 5.98. The zero-order chi connectivity index (χ0) is 19.3. The number of aryl methyl sites for hydroxylation is 2. The smallest absolute Gasteiger partial charge is 0.283 e. The van der Waals surface area contributed by atoms with E-state index in [0.29, 0.717) is 12.5 Å². The number of nitrogens with zero attached hydrogens (tertiary/aromatic N) is 3. The van der Waals surface area contributed by atoms with Crippen LogP contribution in [-0.4, -0.2) is 26.6 Å². The Morgan fingerprint density at radius 3 is 2.59 bits per heavy atom. The minimum Gasteiger partial charge on any atom is -0.349 e. The maximum absolute atomic E-state index is 14.5. The quantitative estimate of drug-likeness (QED) is 0.588. The maximum atomic E-state index is 14.5. The summed E-state index contributed by atoms with van der Waals surface area (Å²) in [5, 5.41) is 12.1. The molecule has 2 saturated carbocycles. The first-order valence-electron chi connectivity index (χ1n) is 9.32. The summed E-state index contributed by atoms with van der Waals surface area (Å²) in [6.07, 6.45) is 1.17. The molecule has 144 valence electrons. The van der Waals surface area contributed by atoms with Crippen LogP contribution in [0.2, 0.25) is 0 Å². The van der Waals surface area contributed by atoms with Crippen LogP contribution in [0.3, 0.4) is 0 Å². The van der Waals surface area contributed by atoms with Gasteiger partial charge in [0, 0.05) is 19.6 Å². The maximum Gasteiger partial charge on any atom is 0.283 e. The standard InChI is InChI=1S/C20H23F3N4/c1-11-3-8-15(12-4-5-12)13(9-11)10-27(14-6-7-14)20(24)16-17(18(21)22)25-26(2)19(16)23/h3,8-9,12,14,18,24H,4-7,10H2,1-2H3. The number of alkyl halides is 2. The van der Waals surface area contributed by atoms with E-state index < -0.39 is 18.1 Å². The van der Waals surface area contributed by atoms with Crippen LogP contribution in [0, 0.1) is 18.3 Å². The molecule has 2 aliphatic rings. The van der Waals surface area contributed by atoms with Gasteiger partial charge in [-0.25, -0.2) is 13.5 Å². The number of hydrogen-bond donors (Lipinski definition) is 1. The van der Waals surface area contributed by atoms with Crippen LogP contribution in [0.15, 0.2) is 18.2 Å². The van der Waals surface area contributed by atoms with Gasteiger partial charge in [0.1, 0.15) is 17.1 Å². The summed E-state index contributed by atoms with van der Waals surface area (Å²) >= 11 is 0. The van der Waals surface area contributed by atoms with E-state index in [2.05, 4.69) is 23.3 Å². The van der Waals surface area contributed by atoms with Crippen LogP contribution in [0.5, 0.6) is 0 Å². The van der Waals surface area contributed by atoms with Crippen molar-refractivity contribution in [3.05, 3.63) is 52.1 Å². The highest BCUT2D eigenvalue weighted by Gasteiger charge is 2.37. The molecule has 4 nitrogen and oxygen atoms in total. The molecule has 0 saturated heterocycles. The van der Waals surface area contributed by atoms with Gasteiger partial charge in [-0.15, -0.1) is 0 Å². The molecule has 0 radical (unpaired) electrons. The van der Waals surface area contributed by atoms with Gasteiger partial charge < -0.3 is 4.90 Å². The predicted octanol–water partition coefficient (Wildman–Crippen LogP) is 4.67. The Labute approximate surface area is 156 Å². The van der Waals surface area contributed by atoms with Crippen LogP contribution in [0.4, 0.5) is 13.2 Å². The largest absolute Gasteiger partial charge is 0.349 e. The minimum absolute atomic E-state index is 0.0928. The first kappa shape index (κ1) is 18.1. The van der Waals surface area contributed by atoms with Gasteiger partial charge in [0.25, 0.3) is 6.43 Å². The Kier molecular flexibility index (Phi) is 4.48. The van der Waals surface area contributed by atoms with Gasteiger partial charge in [-0.3, -0.25) is 5.41 Å². The number of hydrogen-bond acceptors (Lipinski definition) is 2. The van der Waals surface area contributed by atoms with Gasteiger partial charge in [0.2, 0.25) is 5.95 Å². The normalized spacial score (nSPS) is 16.8. The fourth-order valence-electron chi connectivity index (χ4n) is 3.66. The summed E-state index contributed by atoms with van der Waals surface area (Å²) < 4.78 is 42.0. The van der Waals surface area contributed by atoms with Crippen molar-refractivity contribution < 1.29 is 13.2 Å². The number of benzene rings is 1. The molecule has 0 amide bonds. The number of nitrogens with one attached hydrogen (secondary N) is 1. The van der Waals surface area contributed by atoms with Gasteiger partial charge in [-0.05, 0) is 49.7 Å². The van der Waals surface area contributed by atoms with E-state index in [1.54, 1.807) is 4.90 Å². The highest BCUT2D eigenvalue weighted by Crippen LogP contribution is 2.43. The molecular formula is C20H23F3N4. The average molecular weight is 376 g/mol. The fraction of sp³-hybridized carbons (Fsp3) is 0.500. The second-order valence-corrected chi connectivity index (χ2v) is 7.66. The van der Waals surface area contributed by atoms with Gasteiger partial charge in [0.05, 0.1) is 0 Å². The lowest BCUT2D eigenvalue weighted by Crippen LogP contribution is -2.34. The molecule has 27 heavy (non-hydrogen) atoms. The zero-order valence-corrected chi connectivity index (χ0v) is 15.5. The monoisotopic (exact) mass is 376 g/mol. The first-order chi connectivity index (χ1) is 12.9. The van der Waals surface area contributed by atoms with Crippen molar-refractivity contribution in [3.8, 4) is 0 Å². The third kappa shape index (κ3) is 3.47. The molecule has 1 heterocycles. The van der Waals surface area contributed by atoms with E-state index >= 15 is 0 Å². The molecule has 0 aliphatic heterocycles. The molecule has 1 aromatic heterocycles. The third-order valence-corrected chi connectivity index (χ3v) is 5.38. The van der Waals surface area contributed by atoms with Crippen molar-refractivity contribution in [2.24, 2.45) is 7.05 Å². The van der Waals surface area contributed by atoms with Gasteiger partial charge in [0.15, 0.2) is 0 Å². The molecule has 2 aliphatic carbocycles. The minimum atomic E-state index is -2.92. The Balaban J connectivity index is 1.69. The molecule has 0 unspecified atom stereocenters. The van der Waals surface area contributed by atoms with E-state index in [9.17, 15) is 13.2 Å². The van der Waals surface area contributed by atoms with Crippen molar-refractivity contribution >= 4 is 5.84 Å². The summed E-state index contributed by atoms with van der Waals surface area (Å²) in [4.78, 5) is 1.77. The van der Waals surface area contributed by atoms with Crippen molar-refractivity contribution in [1.82, 2.24) is 14.7 Å². The molecule has 2 fully saturated rings. The molecule has 0 bridgehead atoms.